The van der Waals surface area contributed by atoms with Gasteiger partial charge in [0.2, 0.25) is 5.91 Å². The minimum absolute atomic E-state index is 0.00432. The number of rotatable bonds is 1. The molecule has 0 aliphatic carbocycles. The van der Waals surface area contributed by atoms with E-state index in [1.54, 1.807) is 4.90 Å². The molecule has 0 N–H and O–H groups in total. The first-order valence-electron chi connectivity index (χ1n) is 6.97. The van der Waals surface area contributed by atoms with E-state index < -0.39 is 5.79 Å². The lowest BCUT2D eigenvalue weighted by Crippen LogP contribution is -2.69. The number of hydrogen-bond acceptors (Lipinski definition) is 5. The maximum Gasteiger partial charge on any atom is 0.232 e. The summed E-state index contributed by atoms with van der Waals surface area (Å²) in [6.45, 7) is 6.35. The Labute approximate surface area is 111 Å². The molecule has 0 aromatic carbocycles. The molecule has 6 nitrogen and oxygen atoms in total. The third-order valence-electron chi connectivity index (χ3n) is 4.45. The molecule has 0 bridgehead atoms. The Hall–Kier alpha value is -0.690. The van der Waals surface area contributed by atoms with Crippen LogP contribution in [0.25, 0.3) is 0 Å². The Morgan fingerprint density at radius 1 is 1.26 bits per heavy atom. The van der Waals surface area contributed by atoms with Gasteiger partial charge in [0, 0.05) is 0 Å². The summed E-state index contributed by atoms with van der Waals surface area (Å²) in [5, 5.41) is 0. The third-order valence-corrected chi connectivity index (χ3v) is 4.45. The van der Waals surface area contributed by atoms with Crippen LogP contribution in [0.4, 0.5) is 0 Å². The molecule has 4 saturated heterocycles. The topological polar surface area (TPSA) is 57.2 Å². The molecule has 0 saturated carbocycles. The van der Waals surface area contributed by atoms with Crippen LogP contribution in [0.3, 0.4) is 0 Å². The van der Waals surface area contributed by atoms with Crippen molar-refractivity contribution in [3.05, 3.63) is 0 Å². The Bertz CT molecular complexity index is 425. The zero-order chi connectivity index (χ0) is 13.4. The van der Waals surface area contributed by atoms with Gasteiger partial charge in [0.05, 0.1) is 12.5 Å². The number of carbonyl (C=O) groups excluding carboxylic acids is 1. The van der Waals surface area contributed by atoms with Gasteiger partial charge in [-0.1, -0.05) is 6.92 Å². The predicted octanol–water partition coefficient (Wildman–Crippen LogP) is 0.456. The van der Waals surface area contributed by atoms with E-state index in [0.29, 0.717) is 6.54 Å². The number of ether oxygens (including phenoxy) is 4. The van der Waals surface area contributed by atoms with E-state index in [0.717, 1.165) is 6.42 Å². The fourth-order valence-electron chi connectivity index (χ4n) is 3.55. The molecule has 106 valence electrons. The van der Waals surface area contributed by atoms with Gasteiger partial charge in [-0.3, -0.25) is 4.79 Å². The summed E-state index contributed by atoms with van der Waals surface area (Å²) in [5.41, 5.74) is 0. The van der Waals surface area contributed by atoms with Gasteiger partial charge in [0.15, 0.2) is 12.1 Å². The van der Waals surface area contributed by atoms with Crippen molar-refractivity contribution in [2.75, 3.05) is 6.54 Å². The van der Waals surface area contributed by atoms with Crippen molar-refractivity contribution < 1.29 is 23.7 Å². The van der Waals surface area contributed by atoms with Gasteiger partial charge in [-0.05, 0) is 20.3 Å². The average molecular weight is 269 g/mol. The minimum Gasteiger partial charge on any atom is -0.348 e. The molecule has 4 rings (SSSR count). The molecule has 6 atom stereocenters. The van der Waals surface area contributed by atoms with Crippen LogP contribution >= 0.6 is 0 Å². The van der Waals surface area contributed by atoms with E-state index in [1.165, 1.54) is 0 Å². The van der Waals surface area contributed by atoms with Crippen molar-refractivity contribution in [3.63, 3.8) is 0 Å². The summed E-state index contributed by atoms with van der Waals surface area (Å²) in [7, 11) is 0. The second-order valence-electron chi connectivity index (χ2n) is 6.14. The molecule has 1 amide bonds. The fraction of sp³-hybridized carbons (Fsp3) is 0.923. The van der Waals surface area contributed by atoms with E-state index in [4.69, 9.17) is 18.9 Å². The molecule has 0 aromatic rings. The lowest BCUT2D eigenvalue weighted by atomic mass is 9.89. The van der Waals surface area contributed by atoms with E-state index >= 15 is 0 Å². The normalized spacial score (nSPS) is 50.5. The van der Waals surface area contributed by atoms with E-state index in [2.05, 4.69) is 0 Å². The molecule has 4 heterocycles. The first kappa shape index (κ1) is 12.1. The van der Waals surface area contributed by atoms with Gasteiger partial charge < -0.3 is 23.8 Å². The van der Waals surface area contributed by atoms with Crippen LogP contribution < -0.4 is 0 Å². The Morgan fingerprint density at radius 2 is 2.05 bits per heavy atom. The highest BCUT2D eigenvalue weighted by Crippen LogP contribution is 2.45. The SMILES string of the molecule is CC[C@H]1C(=O)N2C[C@H]3O[C@@H]4OC(C)(C)O[C@@H]4[C@H]3O[C@H]12. The standard InChI is InChI=1S/C13H19NO5/c1-4-6-10(15)14-5-7-8(17-11(6)14)9-12(16-7)19-13(2,3)18-9/h6-9,11-12H,4-5H2,1-3H3/t6-,7+,8-,9+,11+,12+/m0/s1. The van der Waals surface area contributed by atoms with E-state index in [9.17, 15) is 4.79 Å². The number of amides is 1. The zero-order valence-electron chi connectivity index (χ0n) is 11.4. The molecule has 4 aliphatic heterocycles. The third kappa shape index (κ3) is 1.54. The number of hydrogen-bond donors (Lipinski definition) is 0. The lowest BCUT2D eigenvalue weighted by molar-refractivity contribution is -0.272. The first-order valence-corrected chi connectivity index (χ1v) is 6.97. The van der Waals surface area contributed by atoms with Crippen LogP contribution in [0, 0.1) is 5.92 Å². The van der Waals surface area contributed by atoms with Gasteiger partial charge in [0.25, 0.3) is 0 Å². The summed E-state index contributed by atoms with van der Waals surface area (Å²) >= 11 is 0. The largest absolute Gasteiger partial charge is 0.348 e. The Morgan fingerprint density at radius 3 is 2.79 bits per heavy atom. The molecular weight excluding hydrogens is 250 g/mol. The van der Waals surface area contributed by atoms with Crippen LogP contribution in [0.2, 0.25) is 0 Å². The quantitative estimate of drug-likeness (QED) is 0.647. The summed E-state index contributed by atoms with van der Waals surface area (Å²) in [4.78, 5) is 13.7. The smallest absolute Gasteiger partial charge is 0.232 e. The molecule has 19 heavy (non-hydrogen) atoms. The van der Waals surface area contributed by atoms with E-state index in [1.807, 2.05) is 20.8 Å². The molecule has 0 radical (unpaired) electrons. The van der Waals surface area contributed by atoms with Gasteiger partial charge in [-0.2, -0.15) is 0 Å². The van der Waals surface area contributed by atoms with Crippen LogP contribution in [0.15, 0.2) is 0 Å². The second-order valence-corrected chi connectivity index (χ2v) is 6.14. The van der Waals surface area contributed by atoms with Gasteiger partial charge in [0.1, 0.15) is 24.5 Å². The summed E-state index contributed by atoms with van der Waals surface area (Å²) in [6, 6.07) is 0. The molecule has 0 unspecified atom stereocenters. The maximum absolute atomic E-state index is 11.9. The highest BCUT2D eigenvalue weighted by atomic mass is 16.8. The number of nitrogens with zero attached hydrogens (tertiary/aromatic N) is 1. The molecule has 4 aliphatic rings. The van der Waals surface area contributed by atoms with E-state index in [-0.39, 0.29) is 42.7 Å². The molecule has 0 spiro atoms. The molecule has 4 fully saturated rings. The maximum atomic E-state index is 11.9. The number of carbonyl (C=O) groups is 1. The lowest BCUT2D eigenvalue weighted by Gasteiger charge is -2.52. The predicted molar refractivity (Wildman–Crippen MR) is 62.9 cm³/mol. The molecule has 6 heteroatoms. The van der Waals surface area contributed by atoms with Crippen molar-refractivity contribution in [1.29, 1.82) is 0 Å². The Balaban J connectivity index is 1.53. The van der Waals surface area contributed by atoms with Gasteiger partial charge >= 0.3 is 0 Å². The Kier molecular flexibility index (Phi) is 2.35. The zero-order valence-corrected chi connectivity index (χ0v) is 11.4. The van der Waals surface area contributed by atoms with Crippen molar-refractivity contribution in [1.82, 2.24) is 4.90 Å². The average Bonchev–Trinajstić information content (AvgIpc) is 2.80. The second kappa shape index (κ2) is 3.69. The van der Waals surface area contributed by atoms with Crippen molar-refractivity contribution in [2.24, 2.45) is 5.92 Å². The first-order chi connectivity index (χ1) is 9.00. The number of β-lactam (4-membered cyclic amide) rings is 1. The fourth-order valence-corrected chi connectivity index (χ4v) is 3.55. The monoisotopic (exact) mass is 269 g/mol. The van der Waals surface area contributed by atoms with Crippen molar-refractivity contribution in [2.45, 2.75) is 63.8 Å². The minimum atomic E-state index is -0.625. The number of fused-ring (bicyclic) bond motifs is 4. The summed E-state index contributed by atoms with van der Waals surface area (Å²) in [5.74, 6) is -0.454. The van der Waals surface area contributed by atoms with Crippen molar-refractivity contribution in [3.8, 4) is 0 Å². The molecular formula is C13H19NO5. The van der Waals surface area contributed by atoms with Gasteiger partial charge in [-0.25, -0.2) is 0 Å². The summed E-state index contributed by atoms with van der Waals surface area (Å²) < 4.78 is 23.5. The van der Waals surface area contributed by atoms with Crippen LogP contribution in [0.1, 0.15) is 27.2 Å². The summed E-state index contributed by atoms with van der Waals surface area (Å²) in [6.07, 6.45) is -0.114. The van der Waals surface area contributed by atoms with Gasteiger partial charge in [-0.15, -0.1) is 0 Å². The molecule has 0 aromatic heterocycles. The van der Waals surface area contributed by atoms with Crippen LogP contribution in [-0.2, 0) is 23.7 Å². The van der Waals surface area contributed by atoms with Crippen LogP contribution in [0.5, 0.6) is 0 Å². The highest BCUT2D eigenvalue weighted by molar-refractivity contribution is 5.85. The van der Waals surface area contributed by atoms with Crippen molar-refractivity contribution >= 4 is 5.91 Å². The van der Waals surface area contributed by atoms with Crippen LogP contribution in [-0.4, -0.2) is 54.0 Å². The highest BCUT2D eigenvalue weighted by Gasteiger charge is 2.62.